The Kier molecular flexibility index (Phi) is 5.70. The van der Waals surface area contributed by atoms with Gasteiger partial charge in [0.25, 0.3) is 0 Å². The molecule has 0 heterocycles. The average Bonchev–Trinajstić information content (AvgIpc) is 2.34. The Hall–Kier alpha value is -1.35. The zero-order valence-electron chi connectivity index (χ0n) is 10.6. The summed E-state index contributed by atoms with van der Waals surface area (Å²) in [7, 11) is 0. The van der Waals surface area contributed by atoms with Crippen LogP contribution in [0.5, 0.6) is 0 Å². The maximum Gasteiger partial charge on any atom is 0.220 e. The molecule has 0 saturated heterocycles. The number of benzene rings is 1. The second-order valence-corrected chi connectivity index (χ2v) is 4.32. The summed E-state index contributed by atoms with van der Waals surface area (Å²) in [4.78, 5) is 11.4. The highest BCUT2D eigenvalue weighted by Crippen LogP contribution is 2.07. The van der Waals surface area contributed by atoms with E-state index in [0.29, 0.717) is 13.0 Å². The number of hydrogen-bond donors (Lipinski definition) is 2. The van der Waals surface area contributed by atoms with Crippen molar-refractivity contribution in [1.82, 2.24) is 5.32 Å². The molecule has 0 aliphatic carbocycles. The summed E-state index contributed by atoms with van der Waals surface area (Å²) in [6.45, 7) is 4.11. The Balaban J connectivity index is 2.31. The normalized spacial score (nSPS) is 12.2. The number of hydrogen-bond acceptors (Lipinski definition) is 2. The molecule has 0 saturated carbocycles. The number of nitrogens with one attached hydrogen (secondary N) is 1. The molecule has 1 atom stereocenters. The van der Waals surface area contributed by atoms with Gasteiger partial charge >= 0.3 is 0 Å². The van der Waals surface area contributed by atoms with E-state index < -0.39 is 6.10 Å². The lowest BCUT2D eigenvalue weighted by molar-refractivity contribution is -0.121. The van der Waals surface area contributed by atoms with Crippen LogP contribution < -0.4 is 5.32 Å². The van der Waals surface area contributed by atoms with Crippen LogP contribution in [-0.4, -0.2) is 23.7 Å². The summed E-state index contributed by atoms with van der Waals surface area (Å²) in [6, 6.07) is 8.34. The highest BCUT2D eigenvalue weighted by atomic mass is 16.3. The molecule has 1 aromatic carbocycles. The van der Waals surface area contributed by atoms with E-state index in [0.717, 1.165) is 12.8 Å². The van der Waals surface area contributed by atoms with Gasteiger partial charge in [-0.15, -0.1) is 0 Å². The number of carbonyl (C=O) groups excluding carboxylic acids is 1. The van der Waals surface area contributed by atoms with Crippen molar-refractivity contribution in [2.75, 3.05) is 6.54 Å². The van der Waals surface area contributed by atoms with Gasteiger partial charge in [0.1, 0.15) is 0 Å². The van der Waals surface area contributed by atoms with Gasteiger partial charge in [-0.1, -0.05) is 31.2 Å². The minimum absolute atomic E-state index is 0.00883. The molecule has 0 fully saturated rings. The van der Waals surface area contributed by atoms with Crippen molar-refractivity contribution >= 4 is 5.91 Å². The summed E-state index contributed by atoms with van der Waals surface area (Å²) in [5.74, 6) is -0.00883. The quantitative estimate of drug-likeness (QED) is 0.788. The van der Waals surface area contributed by atoms with Gasteiger partial charge in [0, 0.05) is 13.0 Å². The average molecular weight is 235 g/mol. The number of aryl methyl sites for hydroxylation is 2. The second-order valence-electron chi connectivity index (χ2n) is 4.32. The predicted octanol–water partition coefficient (Wildman–Crippen LogP) is 1.68. The summed E-state index contributed by atoms with van der Waals surface area (Å²) in [6.07, 6.45) is 1.77. The molecule has 0 radical (unpaired) electrons. The third-order valence-corrected chi connectivity index (χ3v) is 2.67. The molecule has 0 spiro atoms. The molecule has 0 unspecified atom stereocenters. The molecule has 1 amide bonds. The van der Waals surface area contributed by atoms with E-state index in [2.05, 4.69) is 36.5 Å². The van der Waals surface area contributed by atoms with Gasteiger partial charge in [0.15, 0.2) is 0 Å². The molecule has 94 valence electrons. The van der Waals surface area contributed by atoms with Crippen LogP contribution in [0.3, 0.4) is 0 Å². The van der Waals surface area contributed by atoms with Crippen LogP contribution in [0.4, 0.5) is 0 Å². The Morgan fingerprint density at radius 1 is 1.29 bits per heavy atom. The third kappa shape index (κ3) is 5.50. The highest BCUT2D eigenvalue weighted by molar-refractivity contribution is 5.76. The van der Waals surface area contributed by atoms with Crippen molar-refractivity contribution in [3.8, 4) is 0 Å². The summed E-state index contributed by atoms with van der Waals surface area (Å²) >= 11 is 0. The minimum atomic E-state index is -0.484. The number of aliphatic hydroxyl groups excluding tert-OH is 1. The molecule has 1 rings (SSSR count). The molecule has 1 aromatic rings. The fraction of sp³-hybridized carbons (Fsp3) is 0.500. The molecule has 0 aliphatic rings. The Bertz CT molecular complexity index is 344. The van der Waals surface area contributed by atoms with Gasteiger partial charge < -0.3 is 10.4 Å². The predicted molar refractivity (Wildman–Crippen MR) is 68.8 cm³/mol. The molecule has 17 heavy (non-hydrogen) atoms. The lowest BCUT2D eigenvalue weighted by atomic mass is 10.1. The third-order valence-electron chi connectivity index (χ3n) is 2.67. The van der Waals surface area contributed by atoms with Crippen molar-refractivity contribution in [1.29, 1.82) is 0 Å². The minimum Gasteiger partial charge on any atom is -0.392 e. The number of amides is 1. The SMILES string of the molecule is CCc1ccc(CCC(=O)NC[C@H](C)O)cc1. The van der Waals surface area contributed by atoms with Crippen LogP contribution in [0.1, 0.15) is 31.4 Å². The standard InChI is InChI=1S/C14H21NO2/c1-3-12-4-6-13(7-5-12)8-9-14(17)15-10-11(2)16/h4-7,11,16H,3,8-10H2,1-2H3,(H,15,17)/t11-/m0/s1. The van der Waals surface area contributed by atoms with Gasteiger partial charge in [-0.05, 0) is 30.9 Å². The Morgan fingerprint density at radius 3 is 2.41 bits per heavy atom. The number of carbonyl (C=O) groups is 1. The van der Waals surface area contributed by atoms with Crippen LogP contribution in [0, 0.1) is 0 Å². The lowest BCUT2D eigenvalue weighted by Crippen LogP contribution is -2.30. The van der Waals surface area contributed by atoms with E-state index in [4.69, 9.17) is 5.11 Å². The Labute approximate surface area is 103 Å². The molecule has 0 aliphatic heterocycles. The summed E-state index contributed by atoms with van der Waals surface area (Å²) in [5.41, 5.74) is 2.49. The van der Waals surface area contributed by atoms with Gasteiger partial charge in [-0.25, -0.2) is 0 Å². The fourth-order valence-corrected chi connectivity index (χ4v) is 1.55. The van der Waals surface area contributed by atoms with Crippen molar-refractivity contribution in [3.63, 3.8) is 0 Å². The number of rotatable bonds is 6. The van der Waals surface area contributed by atoms with Gasteiger partial charge in [0.05, 0.1) is 6.10 Å². The van der Waals surface area contributed by atoms with E-state index in [-0.39, 0.29) is 5.91 Å². The first-order valence-electron chi connectivity index (χ1n) is 6.14. The van der Waals surface area contributed by atoms with Crippen LogP contribution >= 0.6 is 0 Å². The maximum atomic E-state index is 11.4. The molecule has 0 aromatic heterocycles. The lowest BCUT2D eigenvalue weighted by Gasteiger charge is -2.07. The second kappa shape index (κ2) is 7.07. The van der Waals surface area contributed by atoms with Crippen LogP contribution in [-0.2, 0) is 17.6 Å². The van der Waals surface area contributed by atoms with E-state index in [1.165, 1.54) is 11.1 Å². The van der Waals surface area contributed by atoms with Crippen molar-refractivity contribution < 1.29 is 9.90 Å². The molecular formula is C14H21NO2. The smallest absolute Gasteiger partial charge is 0.220 e. The van der Waals surface area contributed by atoms with Gasteiger partial charge in [-0.3, -0.25) is 4.79 Å². The molecular weight excluding hydrogens is 214 g/mol. The van der Waals surface area contributed by atoms with Crippen molar-refractivity contribution in [3.05, 3.63) is 35.4 Å². The van der Waals surface area contributed by atoms with Crippen molar-refractivity contribution in [2.45, 2.75) is 39.2 Å². The van der Waals surface area contributed by atoms with E-state index in [1.807, 2.05) is 0 Å². The first kappa shape index (κ1) is 13.7. The maximum absolute atomic E-state index is 11.4. The van der Waals surface area contributed by atoms with Gasteiger partial charge in [-0.2, -0.15) is 0 Å². The molecule has 3 nitrogen and oxygen atoms in total. The summed E-state index contributed by atoms with van der Waals surface area (Å²) < 4.78 is 0. The zero-order valence-corrected chi connectivity index (χ0v) is 10.6. The van der Waals surface area contributed by atoms with Crippen molar-refractivity contribution in [2.24, 2.45) is 0 Å². The Morgan fingerprint density at radius 2 is 1.88 bits per heavy atom. The zero-order chi connectivity index (χ0) is 12.7. The van der Waals surface area contributed by atoms with Crippen LogP contribution in [0.2, 0.25) is 0 Å². The summed E-state index contributed by atoms with van der Waals surface area (Å²) in [5, 5.41) is 11.7. The monoisotopic (exact) mass is 235 g/mol. The van der Waals surface area contributed by atoms with E-state index in [9.17, 15) is 4.79 Å². The molecule has 3 heteroatoms. The first-order valence-corrected chi connectivity index (χ1v) is 6.14. The number of aliphatic hydroxyl groups is 1. The van der Waals surface area contributed by atoms with Crippen LogP contribution in [0.15, 0.2) is 24.3 Å². The fourth-order valence-electron chi connectivity index (χ4n) is 1.55. The van der Waals surface area contributed by atoms with Crippen LogP contribution in [0.25, 0.3) is 0 Å². The topological polar surface area (TPSA) is 49.3 Å². The largest absolute Gasteiger partial charge is 0.392 e. The molecule has 2 N–H and O–H groups in total. The molecule has 0 bridgehead atoms. The van der Waals surface area contributed by atoms with E-state index in [1.54, 1.807) is 6.92 Å². The van der Waals surface area contributed by atoms with Gasteiger partial charge in [0.2, 0.25) is 5.91 Å². The highest BCUT2D eigenvalue weighted by Gasteiger charge is 2.03. The van der Waals surface area contributed by atoms with E-state index >= 15 is 0 Å². The first-order chi connectivity index (χ1) is 8.11.